The molecule has 4 heteroatoms. The topological polar surface area (TPSA) is 49.4 Å². The SMILES string of the molecule is O=C(CC1(CN2Cc3ccccc3C2=O)CCCCC1)NC1C2CC3CC(C2)CC1C3. The third kappa shape index (κ3) is 3.60. The minimum atomic E-state index is -0.0497. The van der Waals surface area contributed by atoms with E-state index in [2.05, 4.69) is 11.4 Å². The van der Waals surface area contributed by atoms with Crippen molar-refractivity contribution in [2.24, 2.45) is 29.1 Å². The maximum Gasteiger partial charge on any atom is 0.254 e. The highest BCUT2D eigenvalue weighted by Gasteiger charge is 2.49. The number of rotatable bonds is 5. The van der Waals surface area contributed by atoms with E-state index in [4.69, 9.17) is 0 Å². The van der Waals surface area contributed by atoms with Crippen LogP contribution in [-0.4, -0.2) is 29.3 Å². The average molecular weight is 421 g/mol. The van der Waals surface area contributed by atoms with Crippen molar-refractivity contribution in [2.75, 3.05) is 6.54 Å². The van der Waals surface area contributed by atoms with Crippen LogP contribution >= 0.6 is 0 Å². The number of carbonyl (C=O) groups is 2. The zero-order chi connectivity index (χ0) is 21.0. The molecule has 1 aromatic rings. The van der Waals surface area contributed by atoms with E-state index in [1.54, 1.807) is 0 Å². The molecule has 0 unspecified atom stereocenters. The first-order valence-electron chi connectivity index (χ1n) is 12.8. The number of fused-ring (bicyclic) bond motifs is 1. The van der Waals surface area contributed by atoms with Crippen molar-refractivity contribution in [1.82, 2.24) is 10.2 Å². The lowest BCUT2D eigenvalue weighted by Gasteiger charge is -2.54. The Labute approximate surface area is 186 Å². The predicted molar refractivity (Wildman–Crippen MR) is 120 cm³/mol. The molecule has 0 atom stereocenters. The van der Waals surface area contributed by atoms with Crippen LogP contribution in [0, 0.1) is 29.1 Å². The summed E-state index contributed by atoms with van der Waals surface area (Å²) >= 11 is 0. The van der Waals surface area contributed by atoms with E-state index < -0.39 is 0 Å². The molecule has 5 saturated carbocycles. The summed E-state index contributed by atoms with van der Waals surface area (Å²) in [6.07, 6.45) is 13.2. The van der Waals surface area contributed by atoms with Gasteiger partial charge in [-0.3, -0.25) is 9.59 Å². The first kappa shape index (κ1) is 19.8. The Kier molecular flexibility index (Phi) is 4.88. The Balaban J connectivity index is 1.15. The van der Waals surface area contributed by atoms with Gasteiger partial charge in [-0.25, -0.2) is 0 Å². The van der Waals surface area contributed by atoms with Gasteiger partial charge in [0.25, 0.3) is 5.91 Å². The Morgan fingerprint density at radius 1 is 0.968 bits per heavy atom. The van der Waals surface area contributed by atoms with Gasteiger partial charge in [-0.2, -0.15) is 0 Å². The van der Waals surface area contributed by atoms with E-state index in [1.807, 2.05) is 23.1 Å². The molecule has 1 N–H and O–H groups in total. The van der Waals surface area contributed by atoms with E-state index >= 15 is 0 Å². The molecular formula is C27H36N2O2. The summed E-state index contributed by atoms with van der Waals surface area (Å²) in [4.78, 5) is 28.4. The number of carbonyl (C=O) groups excluding carboxylic acids is 2. The summed E-state index contributed by atoms with van der Waals surface area (Å²) in [6.45, 7) is 1.43. The van der Waals surface area contributed by atoms with E-state index in [0.717, 1.165) is 54.2 Å². The lowest BCUT2D eigenvalue weighted by Crippen LogP contribution is -2.56. The van der Waals surface area contributed by atoms with Crippen molar-refractivity contribution in [3.63, 3.8) is 0 Å². The fourth-order valence-electron chi connectivity index (χ4n) is 8.28. The zero-order valence-electron chi connectivity index (χ0n) is 18.7. The Bertz CT molecular complexity index is 844. The third-order valence-electron chi connectivity index (χ3n) is 9.43. The van der Waals surface area contributed by atoms with Crippen LogP contribution in [0.1, 0.15) is 86.6 Å². The first-order chi connectivity index (χ1) is 15.1. The van der Waals surface area contributed by atoms with Crippen LogP contribution in [-0.2, 0) is 11.3 Å². The summed E-state index contributed by atoms with van der Waals surface area (Å²) in [5.74, 6) is 3.71. The van der Waals surface area contributed by atoms with Crippen LogP contribution in [0.5, 0.6) is 0 Å². The monoisotopic (exact) mass is 420 g/mol. The Morgan fingerprint density at radius 2 is 1.65 bits per heavy atom. The second-order valence-corrected chi connectivity index (χ2v) is 11.6. The van der Waals surface area contributed by atoms with Gasteiger partial charge in [0.2, 0.25) is 5.91 Å². The Hall–Kier alpha value is -1.84. The molecule has 0 spiro atoms. The van der Waals surface area contributed by atoms with Crippen LogP contribution < -0.4 is 5.32 Å². The molecule has 0 saturated heterocycles. The molecule has 166 valence electrons. The van der Waals surface area contributed by atoms with Crippen molar-refractivity contribution >= 4 is 11.8 Å². The van der Waals surface area contributed by atoms with Gasteiger partial charge in [0.15, 0.2) is 0 Å². The molecule has 0 aromatic heterocycles. The van der Waals surface area contributed by atoms with Crippen LogP contribution in [0.15, 0.2) is 24.3 Å². The highest BCUT2D eigenvalue weighted by atomic mass is 16.2. The van der Waals surface area contributed by atoms with Crippen molar-refractivity contribution in [3.05, 3.63) is 35.4 Å². The van der Waals surface area contributed by atoms with Gasteiger partial charge >= 0.3 is 0 Å². The number of nitrogens with one attached hydrogen (secondary N) is 1. The average Bonchev–Trinajstić information content (AvgIpc) is 3.06. The van der Waals surface area contributed by atoms with Crippen molar-refractivity contribution in [3.8, 4) is 0 Å². The molecule has 31 heavy (non-hydrogen) atoms. The molecule has 5 fully saturated rings. The van der Waals surface area contributed by atoms with Crippen LogP contribution in [0.4, 0.5) is 0 Å². The highest BCUT2D eigenvalue weighted by Crippen LogP contribution is 2.54. The molecule has 1 aliphatic heterocycles. The summed E-state index contributed by atoms with van der Waals surface area (Å²) in [6, 6.07) is 8.41. The maximum atomic E-state index is 13.4. The van der Waals surface area contributed by atoms with E-state index in [-0.39, 0.29) is 17.2 Å². The number of nitrogens with zero attached hydrogens (tertiary/aromatic N) is 1. The molecular weight excluding hydrogens is 384 g/mol. The largest absolute Gasteiger partial charge is 0.353 e. The molecule has 2 amide bonds. The van der Waals surface area contributed by atoms with E-state index in [0.29, 0.717) is 19.0 Å². The molecule has 1 heterocycles. The number of hydrogen-bond donors (Lipinski definition) is 1. The van der Waals surface area contributed by atoms with Gasteiger partial charge in [-0.15, -0.1) is 0 Å². The van der Waals surface area contributed by atoms with Crippen molar-refractivity contribution in [2.45, 2.75) is 83.2 Å². The van der Waals surface area contributed by atoms with Gasteiger partial charge in [0.1, 0.15) is 0 Å². The van der Waals surface area contributed by atoms with Gasteiger partial charge in [0, 0.05) is 31.1 Å². The zero-order valence-corrected chi connectivity index (χ0v) is 18.7. The fourth-order valence-corrected chi connectivity index (χ4v) is 8.28. The molecule has 1 aromatic carbocycles. The smallest absolute Gasteiger partial charge is 0.254 e. The van der Waals surface area contributed by atoms with Gasteiger partial charge in [-0.05, 0) is 85.7 Å². The Morgan fingerprint density at radius 3 is 2.32 bits per heavy atom. The lowest BCUT2D eigenvalue weighted by atomic mass is 9.54. The molecule has 7 rings (SSSR count). The highest BCUT2D eigenvalue weighted by molar-refractivity contribution is 5.98. The summed E-state index contributed by atoms with van der Waals surface area (Å²) < 4.78 is 0. The van der Waals surface area contributed by atoms with Crippen LogP contribution in [0.2, 0.25) is 0 Å². The summed E-state index contributed by atoms with van der Waals surface area (Å²) in [7, 11) is 0. The van der Waals surface area contributed by atoms with Crippen LogP contribution in [0.3, 0.4) is 0 Å². The van der Waals surface area contributed by atoms with E-state index in [9.17, 15) is 9.59 Å². The fraction of sp³-hybridized carbons (Fsp3) is 0.704. The van der Waals surface area contributed by atoms with Crippen LogP contribution in [0.25, 0.3) is 0 Å². The van der Waals surface area contributed by atoms with Gasteiger partial charge < -0.3 is 10.2 Å². The molecule has 0 radical (unpaired) electrons. The summed E-state index contributed by atoms with van der Waals surface area (Å²) in [5.41, 5.74) is 1.94. The second-order valence-electron chi connectivity index (χ2n) is 11.6. The molecule has 4 nitrogen and oxygen atoms in total. The molecule has 4 bridgehead atoms. The molecule has 6 aliphatic rings. The normalized spacial score (nSPS) is 35.3. The van der Waals surface area contributed by atoms with Crippen molar-refractivity contribution in [1.29, 1.82) is 0 Å². The first-order valence-corrected chi connectivity index (χ1v) is 12.8. The standard InChI is InChI=1S/C27H36N2O2/c30-24(28-25-21-11-18-10-19(13-21)14-22(25)12-18)15-27(8-4-1-5-9-27)17-29-16-20-6-2-3-7-23(20)26(29)31/h2-3,6-7,18-19,21-22,25H,1,4-5,8-17H2,(H,28,30). The minimum Gasteiger partial charge on any atom is -0.353 e. The quantitative estimate of drug-likeness (QED) is 0.735. The van der Waals surface area contributed by atoms with Gasteiger partial charge in [-0.1, -0.05) is 37.5 Å². The number of amides is 2. The number of benzene rings is 1. The van der Waals surface area contributed by atoms with E-state index in [1.165, 1.54) is 51.4 Å². The summed E-state index contributed by atoms with van der Waals surface area (Å²) in [5, 5.41) is 3.54. The number of hydrogen-bond acceptors (Lipinski definition) is 2. The maximum absolute atomic E-state index is 13.4. The predicted octanol–water partition coefficient (Wildman–Crippen LogP) is 4.92. The minimum absolute atomic E-state index is 0.0497. The third-order valence-corrected chi connectivity index (χ3v) is 9.43. The second kappa shape index (κ2) is 7.64. The van der Waals surface area contributed by atoms with Crippen molar-refractivity contribution < 1.29 is 9.59 Å². The van der Waals surface area contributed by atoms with Gasteiger partial charge in [0.05, 0.1) is 0 Å². The molecule has 5 aliphatic carbocycles. The lowest BCUT2D eigenvalue weighted by molar-refractivity contribution is -0.128.